The zero-order valence-electron chi connectivity index (χ0n) is 12.9. The third-order valence-corrected chi connectivity index (χ3v) is 4.16. The zero-order chi connectivity index (χ0) is 16.4. The van der Waals surface area contributed by atoms with Gasteiger partial charge >= 0.3 is 0 Å². The first-order valence-electron chi connectivity index (χ1n) is 7.73. The van der Waals surface area contributed by atoms with Crippen LogP contribution in [0.4, 0.5) is 10.2 Å². The normalized spacial score (nSPS) is 20.6. The Balaban J connectivity index is 1.89. The number of nitrogens with zero attached hydrogens (tertiary/aromatic N) is 2. The standard InChI is InChI=1S/C20H15FN2O/c21-14-20(15-8-2-1-3-9-15)17-11-5-4-10-16(17)19(24-20)23-18-12-6-7-13-22-18/h1-13H,14H2/b23-19-. The smallest absolute Gasteiger partial charge is 0.224 e. The van der Waals surface area contributed by atoms with Gasteiger partial charge < -0.3 is 4.74 Å². The molecule has 0 spiro atoms. The summed E-state index contributed by atoms with van der Waals surface area (Å²) in [4.78, 5) is 8.69. The molecule has 0 saturated heterocycles. The van der Waals surface area contributed by atoms with E-state index in [1.165, 1.54) is 0 Å². The summed E-state index contributed by atoms with van der Waals surface area (Å²) in [6.07, 6.45) is 1.67. The predicted molar refractivity (Wildman–Crippen MR) is 91.2 cm³/mol. The third kappa shape index (κ3) is 2.27. The van der Waals surface area contributed by atoms with E-state index in [4.69, 9.17) is 4.74 Å². The van der Waals surface area contributed by atoms with E-state index in [1.807, 2.05) is 66.7 Å². The molecule has 1 aromatic heterocycles. The van der Waals surface area contributed by atoms with E-state index >= 15 is 0 Å². The molecule has 2 aromatic carbocycles. The molecule has 1 aliphatic rings. The van der Waals surface area contributed by atoms with E-state index in [0.29, 0.717) is 11.7 Å². The Morgan fingerprint density at radius 2 is 1.67 bits per heavy atom. The van der Waals surface area contributed by atoms with Crippen LogP contribution in [0.2, 0.25) is 0 Å². The lowest BCUT2D eigenvalue weighted by molar-refractivity contribution is 0.0805. The Morgan fingerprint density at radius 1 is 0.917 bits per heavy atom. The van der Waals surface area contributed by atoms with Crippen molar-refractivity contribution in [1.82, 2.24) is 4.98 Å². The molecule has 1 unspecified atom stereocenters. The highest BCUT2D eigenvalue weighted by atomic mass is 19.1. The maximum Gasteiger partial charge on any atom is 0.224 e. The van der Waals surface area contributed by atoms with Gasteiger partial charge in [-0.1, -0.05) is 54.6 Å². The van der Waals surface area contributed by atoms with E-state index in [2.05, 4.69) is 9.98 Å². The fourth-order valence-electron chi connectivity index (χ4n) is 3.00. The molecule has 118 valence electrons. The number of aromatic nitrogens is 1. The predicted octanol–water partition coefficient (Wildman–Crippen LogP) is 4.40. The van der Waals surface area contributed by atoms with Crippen LogP contribution in [0.1, 0.15) is 16.7 Å². The van der Waals surface area contributed by atoms with Gasteiger partial charge in [-0.05, 0) is 18.2 Å². The van der Waals surface area contributed by atoms with Crippen LogP contribution >= 0.6 is 0 Å². The molecule has 1 atom stereocenters. The van der Waals surface area contributed by atoms with E-state index in [1.54, 1.807) is 12.3 Å². The number of aliphatic imine (C=N–C) groups is 1. The van der Waals surface area contributed by atoms with Crippen LogP contribution in [0.15, 0.2) is 84.0 Å². The molecule has 0 fully saturated rings. The number of benzene rings is 2. The summed E-state index contributed by atoms with van der Waals surface area (Å²) in [6.45, 7) is -0.671. The molecule has 2 heterocycles. The number of rotatable bonds is 3. The molecule has 0 bridgehead atoms. The van der Waals surface area contributed by atoms with Crippen molar-refractivity contribution in [3.63, 3.8) is 0 Å². The molecule has 3 aromatic rings. The van der Waals surface area contributed by atoms with Crippen molar-refractivity contribution in [2.75, 3.05) is 6.67 Å². The number of pyridine rings is 1. The highest BCUT2D eigenvalue weighted by Gasteiger charge is 2.46. The average molecular weight is 318 g/mol. The van der Waals surface area contributed by atoms with Crippen molar-refractivity contribution in [1.29, 1.82) is 0 Å². The molecule has 0 aliphatic carbocycles. The second-order valence-corrected chi connectivity index (χ2v) is 5.58. The summed E-state index contributed by atoms with van der Waals surface area (Å²) < 4.78 is 20.3. The second kappa shape index (κ2) is 5.89. The van der Waals surface area contributed by atoms with Gasteiger partial charge in [0.1, 0.15) is 6.67 Å². The highest BCUT2D eigenvalue weighted by Crippen LogP contribution is 2.43. The third-order valence-electron chi connectivity index (χ3n) is 4.16. The Bertz CT molecular complexity index is 880. The molecule has 24 heavy (non-hydrogen) atoms. The molecule has 4 rings (SSSR count). The van der Waals surface area contributed by atoms with E-state index < -0.39 is 12.3 Å². The van der Waals surface area contributed by atoms with Gasteiger partial charge in [0, 0.05) is 22.9 Å². The van der Waals surface area contributed by atoms with Crippen LogP contribution in [-0.4, -0.2) is 17.6 Å². The average Bonchev–Trinajstić information content (AvgIpc) is 2.98. The van der Waals surface area contributed by atoms with Gasteiger partial charge in [-0.15, -0.1) is 0 Å². The van der Waals surface area contributed by atoms with E-state index in [9.17, 15) is 4.39 Å². The Labute approximate surface area is 139 Å². The number of hydrogen-bond acceptors (Lipinski definition) is 3. The van der Waals surface area contributed by atoms with Crippen LogP contribution in [-0.2, 0) is 10.3 Å². The summed E-state index contributed by atoms with van der Waals surface area (Å²) >= 11 is 0. The molecule has 0 saturated carbocycles. The fourth-order valence-corrected chi connectivity index (χ4v) is 3.00. The minimum absolute atomic E-state index is 0.394. The fraction of sp³-hybridized carbons (Fsp3) is 0.100. The zero-order valence-corrected chi connectivity index (χ0v) is 12.9. The van der Waals surface area contributed by atoms with Gasteiger partial charge in [0.25, 0.3) is 0 Å². The van der Waals surface area contributed by atoms with Crippen molar-refractivity contribution in [2.24, 2.45) is 4.99 Å². The lowest BCUT2D eigenvalue weighted by atomic mass is 9.87. The van der Waals surface area contributed by atoms with Gasteiger partial charge in [0.2, 0.25) is 5.90 Å². The number of alkyl halides is 1. The van der Waals surface area contributed by atoms with Crippen LogP contribution in [0.3, 0.4) is 0 Å². The molecule has 4 heteroatoms. The lowest BCUT2D eigenvalue weighted by Crippen LogP contribution is -2.30. The van der Waals surface area contributed by atoms with E-state index in [0.717, 1.165) is 16.7 Å². The first-order chi connectivity index (χ1) is 11.8. The Kier molecular flexibility index (Phi) is 3.58. The van der Waals surface area contributed by atoms with Gasteiger partial charge in [-0.3, -0.25) is 0 Å². The van der Waals surface area contributed by atoms with Crippen LogP contribution in [0, 0.1) is 0 Å². The number of ether oxygens (including phenoxy) is 1. The molecular weight excluding hydrogens is 303 g/mol. The monoisotopic (exact) mass is 318 g/mol. The summed E-state index contributed by atoms with van der Waals surface area (Å²) in [5, 5.41) is 0. The largest absolute Gasteiger partial charge is 0.458 e. The quantitative estimate of drug-likeness (QED) is 0.717. The van der Waals surface area contributed by atoms with Gasteiger partial charge in [0.05, 0.1) is 0 Å². The van der Waals surface area contributed by atoms with Crippen molar-refractivity contribution >= 4 is 11.7 Å². The van der Waals surface area contributed by atoms with Crippen LogP contribution in [0.25, 0.3) is 0 Å². The molecular formula is C20H15FN2O. The minimum atomic E-state index is -1.16. The SMILES string of the molecule is FCC1(c2ccccc2)O/C(=N\c2ccccn2)c2ccccc21. The van der Waals surface area contributed by atoms with E-state index in [-0.39, 0.29) is 0 Å². The lowest BCUT2D eigenvalue weighted by Gasteiger charge is -2.26. The van der Waals surface area contributed by atoms with Crippen molar-refractivity contribution in [3.05, 3.63) is 95.7 Å². The number of halogens is 1. The Morgan fingerprint density at radius 3 is 2.42 bits per heavy atom. The second-order valence-electron chi connectivity index (χ2n) is 5.58. The molecule has 0 N–H and O–H groups in total. The van der Waals surface area contributed by atoms with Gasteiger partial charge in [-0.25, -0.2) is 9.37 Å². The van der Waals surface area contributed by atoms with Crippen LogP contribution < -0.4 is 0 Å². The topological polar surface area (TPSA) is 34.5 Å². The summed E-state index contributed by atoms with van der Waals surface area (Å²) in [6, 6.07) is 22.5. The number of hydrogen-bond donors (Lipinski definition) is 0. The molecule has 0 amide bonds. The summed E-state index contributed by atoms with van der Waals surface area (Å²) in [5.74, 6) is 0.927. The summed E-state index contributed by atoms with van der Waals surface area (Å²) in [7, 11) is 0. The highest BCUT2D eigenvalue weighted by molar-refractivity contribution is 6.00. The Hall–Kier alpha value is -3.01. The van der Waals surface area contributed by atoms with Gasteiger partial charge in [-0.2, -0.15) is 4.99 Å². The first-order valence-corrected chi connectivity index (χ1v) is 7.73. The maximum atomic E-state index is 14.2. The molecule has 3 nitrogen and oxygen atoms in total. The first kappa shape index (κ1) is 14.6. The summed E-state index contributed by atoms with van der Waals surface area (Å²) in [5.41, 5.74) is 1.19. The van der Waals surface area contributed by atoms with Crippen molar-refractivity contribution in [2.45, 2.75) is 5.60 Å². The van der Waals surface area contributed by atoms with Crippen molar-refractivity contribution < 1.29 is 9.13 Å². The maximum absolute atomic E-state index is 14.2. The number of fused-ring (bicyclic) bond motifs is 1. The van der Waals surface area contributed by atoms with Crippen molar-refractivity contribution in [3.8, 4) is 0 Å². The van der Waals surface area contributed by atoms with Gasteiger partial charge in [0.15, 0.2) is 11.4 Å². The molecule has 0 radical (unpaired) electrons. The van der Waals surface area contributed by atoms with Crippen LogP contribution in [0.5, 0.6) is 0 Å². The minimum Gasteiger partial charge on any atom is -0.458 e. The molecule has 1 aliphatic heterocycles.